The van der Waals surface area contributed by atoms with Crippen LogP contribution < -0.4 is 10.5 Å². The third-order valence-corrected chi connectivity index (χ3v) is 6.68. The second-order valence-electron chi connectivity index (χ2n) is 9.89. The fourth-order valence-electron chi connectivity index (χ4n) is 4.88. The van der Waals surface area contributed by atoms with E-state index >= 15 is 0 Å². The molecule has 0 radical (unpaired) electrons. The highest BCUT2D eigenvalue weighted by atomic mass is 16.5. The highest BCUT2D eigenvalue weighted by molar-refractivity contribution is 6.00. The lowest BCUT2D eigenvalue weighted by Crippen LogP contribution is -2.40. The zero-order valence-corrected chi connectivity index (χ0v) is 21.5. The van der Waals surface area contributed by atoms with E-state index in [2.05, 4.69) is 16.3 Å². The number of allylic oxidation sites excluding steroid dienone is 1. The third-order valence-electron chi connectivity index (χ3n) is 6.68. The summed E-state index contributed by atoms with van der Waals surface area (Å²) in [4.78, 5) is 19.9. The van der Waals surface area contributed by atoms with Crippen LogP contribution in [0.4, 0.5) is 5.82 Å². The zero-order chi connectivity index (χ0) is 26.6. The summed E-state index contributed by atoms with van der Waals surface area (Å²) in [6, 6.07) is 21.4. The number of aromatic nitrogens is 3. The topological polar surface area (TPSA) is 121 Å². The van der Waals surface area contributed by atoms with Crippen molar-refractivity contribution in [1.82, 2.24) is 20.1 Å². The summed E-state index contributed by atoms with van der Waals surface area (Å²) >= 11 is 0. The van der Waals surface area contributed by atoms with E-state index in [1.54, 1.807) is 11.0 Å². The van der Waals surface area contributed by atoms with E-state index in [4.69, 9.17) is 15.5 Å². The van der Waals surface area contributed by atoms with E-state index in [0.717, 1.165) is 52.2 Å². The Morgan fingerprint density at radius 2 is 1.92 bits per heavy atom. The number of pyridine rings is 1. The molecule has 192 valence electrons. The molecule has 1 saturated heterocycles. The summed E-state index contributed by atoms with van der Waals surface area (Å²) in [5, 5.41) is 17.6. The number of hydrogen-bond donors (Lipinski definition) is 2. The van der Waals surface area contributed by atoms with Gasteiger partial charge in [-0.2, -0.15) is 10.4 Å². The molecule has 0 spiro atoms. The molecule has 1 aliphatic rings. The van der Waals surface area contributed by atoms with Gasteiger partial charge in [-0.3, -0.25) is 14.9 Å². The number of amides is 1. The lowest BCUT2D eigenvalue weighted by molar-refractivity contribution is -0.127. The number of fused-ring (bicyclic) bond motifs is 1. The van der Waals surface area contributed by atoms with Gasteiger partial charge in [-0.25, -0.2) is 0 Å². The minimum atomic E-state index is -0.216. The number of ether oxygens (including phenoxy) is 1. The Kier molecular flexibility index (Phi) is 7.09. The molecule has 1 amide bonds. The number of anilines is 1. The number of nitrogens with zero attached hydrogens (tertiary/aromatic N) is 4. The number of para-hydroxylation sites is 1. The maximum atomic E-state index is 13.1. The molecule has 3 heterocycles. The standard InChI is InChI=1S/C30H30N6O2/c1-19(2)15-22(17-31)30(37)36-14-6-7-21(18-36)25-16-26-27(29(32)35-34-26)28(33-25)20-10-12-24(13-11-20)38-23-8-4-3-5-9-23/h3-5,8-13,15-16,19,21H,6-7,14,18H2,1-2H3,(H3,32,34,35)/t21-/m0/s1. The van der Waals surface area contributed by atoms with Crippen molar-refractivity contribution in [2.45, 2.75) is 32.6 Å². The Balaban J connectivity index is 1.45. The minimum absolute atomic E-state index is 0.0278. The summed E-state index contributed by atoms with van der Waals surface area (Å²) in [6.45, 7) is 5.05. The van der Waals surface area contributed by atoms with Crippen molar-refractivity contribution < 1.29 is 9.53 Å². The van der Waals surface area contributed by atoms with Gasteiger partial charge in [0.05, 0.1) is 16.6 Å². The number of carbonyl (C=O) groups is 1. The average Bonchev–Trinajstić information content (AvgIpc) is 3.32. The number of hydrogen-bond acceptors (Lipinski definition) is 6. The molecule has 1 atom stereocenters. The van der Waals surface area contributed by atoms with Crippen LogP contribution in [0, 0.1) is 17.2 Å². The van der Waals surface area contributed by atoms with Crippen LogP contribution in [0.2, 0.25) is 0 Å². The van der Waals surface area contributed by atoms with E-state index in [0.29, 0.717) is 18.9 Å². The summed E-state index contributed by atoms with van der Waals surface area (Å²) in [6.07, 6.45) is 3.46. The number of rotatable bonds is 6. The van der Waals surface area contributed by atoms with Crippen molar-refractivity contribution >= 4 is 22.6 Å². The van der Waals surface area contributed by atoms with Gasteiger partial charge in [-0.15, -0.1) is 0 Å². The molecule has 1 aliphatic heterocycles. The van der Waals surface area contributed by atoms with Crippen LogP contribution in [0.15, 0.2) is 72.3 Å². The molecular formula is C30H30N6O2. The highest BCUT2D eigenvalue weighted by Crippen LogP contribution is 2.35. The van der Waals surface area contributed by atoms with Crippen molar-refractivity contribution in [2.24, 2.45) is 5.92 Å². The first-order valence-corrected chi connectivity index (χ1v) is 12.8. The molecule has 2 aromatic heterocycles. The van der Waals surface area contributed by atoms with Gasteiger partial charge in [0.2, 0.25) is 0 Å². The molecule has 8 heteroatoms. The number of nitriles is 1. The first kappa shape index (κ1) is 25.0. The predicted octanol–water partition coefficient (Wildman–Crippen LogP) is 5.81. The van der Waals surface area contributed by atoms with Crippen molar-refractivity contribution in [3.63, 3.8) is 0 Å². The molecule has 2 aromatic carbocycles. The van der Waals surface area contributed by atoms with Gasteiger partial charge in [0.1, 0.15) is 23.1 Å². The quantitative estimate of drug-likeness (QED) is 0.251. The first-order chi connectivity index (χ1) is 18.4. The number of piperidine rings is 1. The van der Waals surface area contributed by atoms with Crippen LogP contribution in [0.5, 0.6) is 11.5 Å². The number of H-pyrrole nitrogens is 1. The normalized spacial score (nSPS) is 16.0. The fourth-order valence-corrected chi connectivity index (χ4v) is 4.88. The number of aromatic amines is 1. The van der Waals surface area contributed by atoms with Crippen molar-refractivity contribution in [3.05, 3.63) is 78.0 Å². The van der Waals surface area contributed by atoms with Gasteiger partial charge < -0.3 is 15.4 Å². The lowest BCUT2D eigenvalue weighted by atomic mass is 9.92. The third kappa shape index (κ3) is 5.23. The second-order valence-corrected chi connectivity index (χ2v) is 9.89. The van der Waals surface area contributed by atoms with E-state index < -0.39 is 0 Å². The highest BCUT2D eigenvalue weighted by Gasteiger charge is 2.28. The molecular weight excluding hydrogens is 476 g/mol. The molecule has 38 heavy (non-hydrogen) atoms. The number of nitrogens with two attached hydrogens (primary N) is 1. The molecule has 3 N–H and O–H groups in total. The van der Waals surface area contributed by atoms with Crippen molar-refractivity contribution in [3.8, 4) is 28.8 Å². The summed E-state index contributed by atoms with van der Waals surface area (Å²) in [5.41, 5.74) is 9.71. The smallest absolute Gasteiger partial charge is 0.264 e. The lowest BCUT2D eigenvalue weighted by Gasteiger charge is -2.32. The number of likely N-dealkylation sites (tertiary alicyclic amines) is 1. The molecule has 0 unspecified atom stereocenters. The van der Waals surface area contributed by atoms with Gasteiger partial charge >= 0.3 is 0 Å². The molecule has 8 nitrogen and oxygen atoms in total. The molecule has 5 rings (SSSR count). The SMILES string of the molecule is CC(C)C=C(C#N)C(=O)N1CCC[C@H](c2cc3[nH]nc(N)c3c(-c3ccc(Oc4ccccc4)cc3)n2)C1. The molecule has 4 aromatic rings. The number of nitrogen functional groups attached to an aromatic ring is 1. The van der Waals surface area contributed by atoms with Crippen LogP contribution in [0.25, 0.3) is 22.2 Å². The largest absolute Gasteiger partial charge is 0.457 e. The maximum absolute atomic E-state index is 13.1. The van der Waals surface area contributed by atoms with Crippen LogP contribution >= 0.6 is 0 Å². The van der Waals surface area contributed by atoms with Gasteiger partial charge in [0.25, 0.3) is 5.91 Å². The maximum Gasteiger partial charge on any atom is 0.264 e. The number of benzene rings is 2. The summed E-state index contributed by atoms with van der Waals surface area (Å²) in [5.74, 6) is 1.80. The Morgan fingerprint density at radius 3 is 2.63 bits per heavy atom. The van der Waals surface area contributed by atoms with E-state index in [-0.39, 0.29) is 23.3 Å². The van der Waals surface area contributed by atoms with Crippen molar-refractivity contribution in [2.75, 3.05) is 18.8 Å². The van der Waals surface area contributed by atoms with Crippen LogP contribution in [-0.2, 0) is 4.79 Å². The van der Waals surface area contributed by atoms with E-state index in [1.165, 1.54) is 0 Å². The predicted molar refractivity (Wildman–Crippen MR) is 147 cm³/mol. The van der Waals surface area contributed by atoms with E-state index in [9.17, 15) is 10.1 Å². The Labute approximate surface area is 221 Å². The number of nitrogens with one attached hydrogen (secondary N) is 1. The van der Waals surface area contributed by atoms with Crippen LogP contribution in [-0.4, -0.2) is 39.1 Å². The Bertz CT molecular complexity index is 1520. The van der Waals surface area contributed by atoms with Crippen LogP contribution in [0.3, 0.4) is 0 Å². The average molecular weight is 507 g/mol. The summed E-state index contributed by atoms with van der Waals surface area (Å²) < 4.78 is 5.94. The number of carbonyl (C=O) groups excluding carboxylic acids is 1. The monoisotopic (exact) mass is 506 g/mol. The Morgan fingerprint density at radius 1 is 1.18 bits per heavy atom. The second kappa shape index (κ2) is 10.8. The minimum Gasteiger partial charge on any atom is -0.457 e. The van der Waals surface area contributed by atoms with Crippen LogP contribution in [0.1, 0.15) is 38.3 Å². The van der Waals surface area contributed by atoms with Gasteiger partial charge in [0, 0.05) is 30.3 Å². The van der Waals surface area contributed by atoms with Crippen molar-refractivity contribution in [1.29, 1.82) is 5.26 Å². The van der Waals surface area contributed by atoms with Gasteiger partial charge in [-0.1, -0.05) is 38.1 Å². The molecule has 0 aliphatic carbocycles. The van der Waals surface area contributed by atoms with Gasteiger partial charge in [0.15, 0.2) is 5.82 Å². The fraction of sp³-hybridized carbons (Fsp3) is 0.267. The molecule has 0 saturated carbocycles. The molecule has 0 bridgehead atoms. The first-order valence-electron chi connectivity index (χ1n) is 12.8. The zero-order valence-electron chi connectivity index (χ0n) is 21.5. The summed E-state index contributed by atoms with van der Waals surface area (Å²) in [7, 11) is 0. The molecule has 1 fully saturated rings. The van der Waals surface area contributed by atoms with E-state index in [1.807, 2.05) is 74.5 Å². The van der Waals surface area contributed by atoms with Gasteiger partial charge in [-0.05, 0) is 61.2 Å². The Hall–Kier alpha value is -4.64.